The van der Waals surface area contributed by atoms with E-state index >= 15 is 0 Å². The van der Waals surface area contributed by atoms with E-state index in [0.29, 0.717) is 23.7 Å². The Morgan fingerprint density at radius 3 is 2.55 bits per heavy atom. The highest BCUT2D eigenvalue weighted by molar-refractivity contribution is 7.13. The predicted molar refractivity (Wildman–Crippen MR) is 129 cm³/mol. The van der Waals surface area contributed by atoms with Gasteiger partial charge in [-0.2, -0.15) is 5.10 Å². The molecule has 0 fully saturated rings. The van der Waals surface area contributed by atoms with Crippen LogP contribution in [0.1, 0.15) is 30.4 Å². The van der Waals surface area contributed by atoms with Gasteiger partial charge in [0.1, 0.15) is 22.5 Å². The lowest BCUT2D eigenvalue weighted by Crippen LogP contribution is -2.24. The molecule has 4 aromatic rings. The van der Waals surface area contributed by atoms with Gasteiger partial charge in [0.05, 0.1) is 6.61 Å². The predicted octanol–water partition coefficient (Wildman–Crippen LogP) is 4.86. The van der Waals surface area contributed by atoms with E-state index in [0.717, 1.165) is 16.3 Å². The zero-order valence-corrected chi connectivity index (χ0v) is 19.0. The highest BCUT2D eigenvalue weighted by atomic mass is 32.1. The minimum Gasteiger partial charge on any atom is -0.494 e. The van der Waals surface area contributed by atoms with Crippen molar-refractivity contribution in [2.75, 3.05) is 17.2 Å². The molecule has 0 aliphatic rings. The summed E-state index contributed by atoms with van der Waals surface area (Å²) in [6, 6.07) is 15.9. The summed E-state index contributed by atoms with van der Waals surface area (Å²) in [6.45, 7) is 4.30. The minimum absolute atomic E-state index is 0.207. The molecule has 2 N–H and O–H groups in total. The molecule has 33 heavy (non-hydrogen) atoms. The zero-order valence-electron chi connectivity index (χ0n) is 18.2. The van der Waals surface area contributed by atoms with E-state index in [9.17, 15) is 9.59 Å². The zero-order chi connectivity index (χ0) is 23.2. The first kappa shape index (κ1) is 22.2. The number of amides is 2. The van der Waals surface area contributed by atoms with Gasteiger partial charge in [0.15, 0.2) is 0 Å². The van der Waals surface area contributed by atoms with Gasteiger partial charge in [-0.05, 0) is 62.4 Å². The van der Waals surface area contributed by atoms with Crippen molar-refractivity contribution >= 4 is 34.5 Å². The van der Waals surface area contributed by atoms with E-state index in [1.807, 2.05) is 31.2 Å². The van der Waals surface area contributed by atoms with Crippen LogP contribution in [-0.2, 0) is 4.79 Å². The number of benzene rings is 2. The van der Waals surface area contributed by atoms with Crippen LogP contribution in [0.4, 0.5) is 11.4 Å². The van der Waals surface area contributed by atoms with E-state index in [2.05, 4.69) is 20.7 Å². The number of hydrogen-bond acceptors (Lipinski definition) is 6. The lowest BCUT2D eigenvalue weighted by atomic mass is 10.2. The molecule has 4 rings (SSSR count). The van der Waals surface area contributed by atoms with Gasteiger partial charge in [0.25, 0.3) is 5.91 Å². The molecule has 1 unspecified atom stereocenters. The molecule has 2 aromatic carbocycles. The van der Waals surface area contributed by atoms with Crippen LogP contribution in [0.3, 0.4) is 0 Å². The van der Waals surface area contributed by atoms with Crippen LogP contribution < -0.4 is 15.4 Å². The van der Waals surface area contributed by atoms with E-state index in [4.69, 9.17) is 4.74 Å². The molecule has 0 radical (unpaired) electrons. The Balaban J connectivity index is 1.40. The van der Waals surface area contributed by atoms with E-state index in [-0.39, 0.29) is 11.8 Å². The van der Waals surface area contributed by atoms with Crippen molar-refractivity contribution in [1.82, 2.24) is 14.8 Å². The number of thiazole rings is 1. The van der Waals surface area contributed by atoms with Gasteiger partial charge in [-0.1, -0.05) is 6.07 Å². The van der Waals surface area contributed by atoms with Crippen molar-refractivity contribution in [2.45, 2.75) is 19.9 Å². The van der Waals surface area contributed by atoms with Gasteiger partial charge in [-0.3, -0.25) is 14.3 Å². The number of hydrogen-bond donors (Lipinski definition) is 2. The number of ether oxygens (including phenoxy) is 1. The van der Waals surface area contributed by atoms with Crippen molar-refractivity contribution in [2.24, 2.45) is 0 Å². The van der Waals surface area contributed by atoms with Crippen LogP contribution in [0.25, 0.3) is 10.6 Å². The number of nitrogens with zero attached hydrogens (tertiary/aromatic N) is 3. The Labute approximate surface area is 195 Å². The van der Waals surface area contributed by atoms with Crippen molar-refractivity contribution in [3.05, 3.63) is 78.1 Å². The summed E-state index contributed by atoms with van der Waals surface area (Å²) >= 11 is 1.40. The summed E-state index contributed by atoms with van der Waals surface area (Å²) in [5, 5.41) is 12.2. The molecular formula is C24H23N5O3S. The molecule has 0 saturated heterocycles. The summed E-state index contributed by atoms with van der Waals surface area (Å²) in [5.41, 5.74) is 2.37. The van der Waals surface area contributed by atoms with E-state index < -0.39 is 6.04 Å². The summed E-state index contributed by atoms with van der Waals surface area (Å²) in [6.07, 6.45) is 3.36. The van der Waals surface area contributed by atoms with Crippen molar-refractivity contribution < 1.29 is 14.3 Å². The summed E-state index contributed by atoms with van der Waals surface area (Å²) in [5.74, 6) is 0.264. The Bertz CT molecular complexity index is 1240. The Hall–Kier alpha value is -3.98. The van der Waals surface area contributed by atoms with Crippen molar-refractivity contribution in [3.63, 3.8) is 0 Å². The number of anilines is 2. The lowest BCUT2D eigenvalue weighted by molar-refractivity contribution is -0.119. The standard InChI is InChI=1S/C24H23N5O3S/c1-3-32-20-10-8-17(9-11-20)24-28-21(15-33-24)23(31)27-19-7-4-6-18(14-19)26-22(30)16(2)29-13-5-12-25-29/h4-16H,3H2,1-2H3,(H,26,30)(H,27,31). The summed E-state index contributed by atoms with van der Waals surface area (Å²) in [4.78, 5) is 29.7. The maximum Gasteiger partial charge on any atom is 0.275 e. The second-order valence-corrected chi connectivity index (χ2v) is 8.04. The van der Waals surface area contributed by atoms with Crippen LogP contribution in [0.15, 0.2) is 72.4 Å². The topological polar surface area (TPSA) is 98.1 Å². The van der Waals surface area contributed by atoms with Gasteiger partial charge in [0, 0.05) is 34.7 Å². The van der Waals surface area contributed by atoms with Crippen LogP contribution >= 0.6 is 11.3 Å². The quantitative estimate of drug-likeness (QED) is 0.391. The first-order chi connectivity index (χ1) is 16.0. The number of rotatable bonds is 8. The Morgan fingerprint density at radius 1 is 1.09 bits per heavy atom. The van der Waals surface area contributed by atoms with E-state index in [1.54, 1.807) is 59.7 Å². The molecule has 8 nitrogen and oxygen atoms in total. The fraction of sp³-hybridized carbons (Fsp3) is 0.167. The van der Waals surface area contributed by atoms with Gasteiger partial charge in [-0.15, -0.1) is 11.3 Å². The maximum atomic E-state index is 12.7. The number of aromatic nitrogens is 3. The number of carbonyl (C=O) groups excluding carboxylic acids is 2. The third kappa shape index (κ3) is 5.45. The van der Waals surface area contributed by atoms with Gasteiger partial charge in [-0.25, -0.2) is 4.98 Å². The second kappa shape index (κ2) is 10.1. The average molecular weight is 462 g/mol. The monoisotopic (exact) mass is 461 g/mol. The van der Waals surface area contributed by atoms with Crippen molar-refractivity contribution in [1.29, 1.82) is 0 Å². The van der Waals surface area contributed by atoms with Crippen molar-refractivity contribution in [3.8, 4) is 16.3 Å². The SMILES string of the molecule is CCOc1ccc(-c2nc(C(=O)Nc3cccc(NC(=O)C(C)n4cccn4)c3)cs2)cc1. The molecule has 0 aliphatic carbocycles. The molecule has 9 heteroatoms. The highest BCUT2D eigenvalue weighted by Crippen LogP contribution is 2.26. The van der Waals surface area contributed by atoms with Crippen LogP contribution in [0.2, 0.25) is 0 Å². The maximum absolute atomic E-state index is 12.7. The van der Waals surface area contributed by atoms with Crippen LogP contribution in [-0.4, -0.2) is 33.2 Å². The third-order valence-corrected chi connectivity index (χ3v) is 5.73. The van der Waals surface area contributed by atoms with Gasteiger partial charge < -0.3 is 15.4 Å². The minimum atomic E-state index is -0.464. The molecule has 0 spiro atoms. The number of carbonyl (C=O) groups is 2. The molecule has 2 heterocycles. The van der Waals surface area contributed by atoms with Gasteiger partial charge >= 0.3 is 0 Å². The molecule has 0 bridgehead atoms. The largest absolute Gasteiger partial charge is 0.494 e. The van der Waals surface area contributed by atoms with Gasteiger partial charge in [0.2, 0.25) is 5.91 Å². The molecular weight excluding hydrogens is 438 g/mol. The molecule has 168 valence electrons. The fourth-order valence-electron chi connectivity index (χ4n) is 3.12. The number of nitrogens with one attached hydrogen (secondary N) is 2. The molecule has 2 aromatic heterocycles. The Kier molecular flexibility index (Phi) is 6.80. The van der Waals surface area contributed by atoms with E-state index in [1.165, 1.54) is 11.3 Å². The first-order valence-electron chi connectivity index (χ1n) is 10.4. The molecule has 0 aliphatic heterocycles. The highest BCUT2D eigenvalue weighted by Gasteiger charge is 2.16. The summed E-state index contributed by atoms with van der Waals surface area (Å²) in [7, 11) is 0. The molecule has 0 saturated carbocycles. The average Bonchev–Trinajstić information content (AvgIpc) is 3.52. The summed E-state index contributed by atoms with van der Waals surface area (Å²) < 4.78 is 7.03. The van der Waals surface area contributed by atoms with Crippen LogP contribution in [0, 0.1) is 0 Å². The molecule has 1 atom stereocenters. The molecule has 2 amide bonds. The third-order valence-electron chi connectivity index (χ3n) is 4.84. The smallest absolute Gasteiger partial charge is 0.275 e. The first-order valence-corrected chi connectivity index (χ1v) is 11.3. The van der Waals surface area contributed by atoms with Crippen LogP contribution in [0.5, 0.6) is 5.75 Å². The second-order valence-electron chi connectivity index (χ2n) is 7.18. The lowest BCUT2D eigenvalue weighted by Gasteiger charge is -2.13. The normalized spacial score (nSPS) is 11.6. The fourth-order valence-corrected chi connectivity index (χ4v) is 3.92. The Morgan fingerprint density at radius 2 is 1.85 bits per heavy atom.